The number of aryl methyl sites for hydroxylation is 2. The molecule has 8 nitrogen and oxygen atoms in total. The van der Waals surface area contributed by atoms with Crippen LogP contribution in [0.3, 0.4) is 0 Å². The molecule has 0 bridgehead atoms. The summed E-state index contributed by atoms with van der Waals surface area (Å²) in [5.41, 5.74) is 2.36. The van der Waals surface area contributed by atoms with Crippen LogP contribution in [0, 0.1) is 13.8 Å². The van der Waals surface area contributed by atoms with E-state index in [1.807, 2.05) is 24.7 Å². The first-order valence-corrected chi connectivity index (χ1v) is 12.0. The second-order valence-corrected chi connectivity index (χ2v) is 9.49. The fraction of sp³-hybridized carbons (Fsp3) is 0.600. The van der Waals surface area contributed by atoms with Crippen LogP contribution in [0.4, 0.5) is 18.0 Å². The monoisotopic (exact) mass is 511 g/mol. The number of likely N-dealkylation sites (tertiary alicyclic amines) is 1. The Kier molecular flexibility index (Phi) is 7.79. The molecule has 2 aromatic rings. The van der Waals surface area contributed by atoms with E-state index in [1.54, 1.807) is 24.3 Å². The Labute approximate surface area is 208 Å². The Balaban J connectivity index is 1.27. The van der Waals surface area contributed by atoms with Gasteiger partial charge in [0.15, 0.2) is 0 Å². The van der Waals surface area contributed by atoms with Gasteiger partial charge in [0.2, 0.25) is 6.10 Å². The van der Waals surface area contributed by atoms with Gasteiger partial charge in [-0.3, -0.25) is 4.68 Å². The van der Waals surface area contributed by atoms with Crippen molar-refractivity contribution in [1.29, 1.82) is 0 Å². The van der Waals surface area contributed by atoms with Crippen LogP contribution < -0.4 is 4.74 Å². The van der Waals surface area contributed by atoms with Gasteiger partial charge >= 0.3 is 12.3 Å². The maximum Gasteiger partial charge on any atom is 0.427 e. The highest BCUT2D eigenvalue weighted by Crippen LogP contribution is 2.41. The number of aromatic nitrogens is 2. The number of carbonyl (C=O) groups excluding carboxylic acids is 1. The molecular formula is C25H32F3N3O5. The van der Waals surface area contributed by atoms with Crippen LogP contribution in [0.1, 0.15) is 42.1 Å². The largest absolute Gasteiger partial charge is 0.497 e. The van der Waals surface area contributed by atoms with Crippen molar-refractivity contribution in [3.63, 3.8) is 0 Å². The second-order valence-electron chi connectivity index (χ2n) is 9.49. The number of ether oxygens (including phenoxy) is 4. The molecule has 1 aromatic carbocycles. The number of halogens is 3. The third kappa shape index (κ3) is 6.12. The minimum atomic E-state index is -4.74. The quantitative estimate of drug-likeness (QED) is 0.542. The number of amides is 1. The lowest BCUT2D eigenvalue weighted by Crippen LogP contribution is -2.49. The first kappa shape index (κ1) is 26.3. The fourth-order valence-electron chi connectivity index (χ4n) is 4.59. The molecule has 2 saturated heterocycles. The predicted molar refractivity (Wildman–Crippen MR) is 124 cm³/mol. The van der Waals surface area contributed by atoms with E-state index < -0.39 is 30.6 Å². The molecule has 1 aromatic heterocycles. The molecule has 1 spiro atoms. The lowest BCUT2D eigenvalue weighted by molar-refractivity contribution is -0.220. The minimum Gasteiger partial charge on any atom is -0.497 e. The number of rotatable bonds is 7. The van der Waals surface area contributed by atoms with E-state index in [1.165, 1.54) is 12.0 Å². The predicted octanol–water partition coefficient (Wildman–Crippen LogP) is 4.59. The van der Waals surface area contributed by atoms with Crippen LogP contribution in [-0.2, 0) is 20.8 Å². The van der Waals surface area contributed by atoms with Gasteiger partial charge in [0.25, 0.3) is 0 Å². The summed E-state index contributed by atoms with van der Waals surface area (Å²) in [6, 6.07) is 6.88. The zero-order chi connectivity index (χ0) is 25.9. The Bertz CT molecular complexity index is 1010. The van der Waals surface area contributed by atoms with E-state index in [-0.39, 0.29) is 25.7 Å². The SMILES string of the molecule is COc1ccc(COCC(OC(=O)N2CCC3(CC2)CC(n2cc(C)c(C)n2)CO3)C(F)(F)F)cc1. The standard InChI is InChI=1S/C25H32F3N3O5/c1-17-13-31(29-18(17)2)20-12-24(35-15-20)8-10-30(11-9-24)23(32)36-22(25(26,27)28)16-34-14-19-4-6-21(33-3)7-5-19/h4-7,13,20,22H,8-12,14-16H2,1-3H3. The van der Waals surface area contributed by atoms with E-state index in [4.69, 9.17) is 18.9 Å². The van der Waals surface area contributed by atoms with Crippen LogP contribution in [0.15, 0.2) is 30.5 Å². The highest BCUT2D eigenvalue weighted by Gasteiger charge is 2.47. The van der Waals surface area contributed by atoms with Gasteiger partial charge in [-0.25, -0.2) is 4.79 Å². The smallest absolute Gasteiger partial charge is 0.427 e. The van der Waals surface area contributed by atoms with E-state index in [0.29, 0.717) is 30.8 Å². The van der Waals surface area contributed by atoms with Gasteiger partial charge in [0.05, 0.1) is 44.3 Å². The van der Waals surface area contributed by atoms with E-state index >= 15 is 0 Å². The molecule has 2 aliphatic heterocycles. The number of alkyl halides is 3. The zero-order valence-corrected chi connectivity index (χ0v) is 20.7. The molecule has 2 atom stereocenters. The van der Waals surface area contributed by atoms with Gasteiger partial charge in [-0.05, 0) is 49.9 Å². The summed E-state index contributed by atoms with van der Waals surface area (Å²) in [5, 5.41) is 4.55. The van der Waals surface area contributed by atoms with Crippen LogP contribution in [0.25, 0.3) is 0 Å². The number of benzene rings is 1. The lowest BCUT2D eigenvalue weighted by Gasteiger charge is -2.38. The Morgan fingerprint density at radius 1 is 1.22 bits per heavy atom. The van der Waals surface area contributed by atoms with Crippen molar-refractivity contribution in [2.45, 2.75) is 63.6 Å². The first-order valence-electron chi connectivity index (χ1n) is 12.0. The summed E-state index contributed by atoms with van der Waals surface area (Å²) in [5.74, 6) is 0.634. The molecule has 11 heteroatoms. The maximum absolute atomic E-state index is 13.5. The third-order valence-electron chi connectivity index (χ3n) is 6.96. The molecule has 4 rings (SSSR count). The number of methoxy groups -OCH3 is 1. The maximum atomic E-state index is 13.5. The molecule has 0 saturated carbocycles. The number of hydrogen-bond donors (Lipinski definition) is 0. The Morgan fingerprint density at radius 3 is 2.50 bits per heavy atom. The van der Waals surface area contributed by atoms with Crippen molar-refractivity contribution in [3.8, 4) is 5.75 Å². The van der Waals surface area contributed by atoms with Gasteiger partial charge in [-0.1, -0.05) is 12.1 Å². The highest BCUT2D eigenvalue weighted by atomic mass is 19.4. The average molecular weight is 512 g/mol. The Hall–Kier alpha value is -2.79. The van der Waals surface area contributed by atoms with E-state index in [2.05, 4.69) is 5.10 Å². The van der Waals surface area contributed by atoms with Crippen LogP contribution in [0.5, 0.6) is 5.75 Å². The average Bonchev–Trinajstić information content (AvgIpc) is 3.41. The van der Waals surface area contributed by atoms with Crippen molar-refractivity contribution in [1.82, 2.24) is 14.7 Å². The van der Waals surface area contributed by atoms with E-state index in [9.17, 15) is 18.0 Å². The van der Waals surface area contributed by atoms with Gasteiger partial charge in [0, 0.05) is 25.7 Å². The molecule has 0 aliphatic carbocycles. The Morgan fingerprint density at radius 2 is 1.92 bits per heavy atom. The number of carbonyl (C=O) groups is 1. The summed E-state index contributed by atoms with van der Waals surface area (Å²) in [6.07, 6.45) is -4.27. The molecule has 198 valence electrons. The molecule has 2 unspecified atom stereocenters. The van der Waals surface area contributed by atoms with E-state index in [0.717, 1.165) is 17.7 Å². The second kappa shape index (κ2) is 10.7. The van der Waals surface area contributed by atoms with Gasteiger partial charge in [-0.15, -0.1) is 0 Å². The van der Waals surface area contributed by atoms with Crippen molar-refractivity contribution in [2.24, 2.45) is 0 Å². The summed E-state index contributed by atoms with van der Waals surface area (Å²) < 4.78 is 63.8. The van der Waals surface area contributed by atoms with Crippen LogP contribution in [-0.4, -0.2) is 72.1 Å². The third-order valence-corrected chi connectivity index (χ3v) is 6.96. The molecule has 2 aliphatic rings. The molecule has 0 radical (unpaired) electrons. The summed E-state index contributed by atoms with van der Waals surface area (Å²) in [4.78, 5) is 13.9. The van der Waals surface area contributed by atoms with Gasteiger partial charge < -0.3 is 23.8 Å². The van der Waals surface area contributed by atoms with Crippen LogP contribution >= 0.6 is 0 Å². The number of nitrogens with zero attached hydrogens (tertiary/aromatic N) is 3. The zero-order valence-electron chi connectivity index (χ0n) is 20.7. The molecule has 1 amide bonds. The molecule has 2 fully saturated rings. The molecule has 36 heavy (non-hydrogen) atoms. The van der Waals surface area contributed by atoms with Crippen molar-refractivity contribution in [3.05, 3.63) is 47.3 Å². The highest BCUT2D eigenvalue weighted by molar-refractivity contribution is 5.68. The summed E-state index contributed by atoms with van der Waals surface area (Å²) in [7, 11) is 1.52. The molecular weight excluding hydrogens is 479 g/mol. The lowest BCUT2D eigenvalue weighted by atomic mass is 9.87. The molecule has 3 heterocycles. The van der Waals surface area contributed by atoms with Crippen molar-refractivity contribution < 1.29 is 36.9 Å². The number of piperidine rings is 1. The van der Waals surface area contributed by atoms with Crippen molar-refractivity contribution >= 4 is 6.09 Å². The van der Waals surface area contributed by atoms with Crippen LogP contribution in [0.2, 0.25) is 0 Å². The summed E-state index contributed by atoms with van der Waals surface area (Å²) in [6.45, 7) is 4.18. The number of hydrogen-bond acceptors (Lipinski definition) is 6. The fourth-order valence-corrected chi connectivity index (χ4v) is 4.59. The van der Waals surface area contributed by atoms with Gasteiger partial charge in [0.1, 0.15) is 5.75 Å². The first-order chi connectivity index (χ1) is 17.1. The molecule has 0 N–H and O–H groups in total. The van der Waals surface area contributed by atoms with Gasteiger partial charge in [-0.2, -0.15) is 18.3 Å². The summed E-state index contributed by atoms with van der Waals surface area (Å²) >= 11 is 0. The topological polar surface area (TPSA) is 75.1 Å². The normalized spacial score (nSPS) is 20.5. The van der Waals surface area contributed by atoms with Crippen molar-refractivity contribution in [2.75, 3.05) is 33.4 Å². The minimum absolute atomic E-state index is 0.0475.